The van der Waals surface area contributed by atoms with Crippen LogP contribution in [-0.2, 0) is 11.3 Å². The Hall–Kier alpha value is -1.39. The van der Waals surface area contributed by atoms with Gasteiger partial charge in [0.15, 0.2) is 0 Å². The molecule has 1 N–H and O–H groups in total. The van der Waals surface area contributed by atoms with Crippen LogP contribution >= 0.6 is 0 Å². The van der Waals surface area contributed by atoms with Crippen molar-refractivity contribution in [3.8, 4) is 0 Å². The highest BCUT2D eigenvalue weighted by atomic mass is 16.5. The number of nitrogens with one attached hydrogen (secondary N) is 1. The van der Waals surface area contributed by atoms with Crippen molar-refractivity contribution in [2.75, 3.05) is 13.7 Å². The van der Waals surface area contributed by atoms with E-state index in [0.717, 1.165) is 17.9 Å². The fraction of sp³-hybridized carbons (Fsp3) is 0.417. The first-order chi connectivity index (χ1) is 7.79. The monoisotopic (exact) mass is 219 g/mol. The largest absolute Gasteiger partial charge is 0.383 e. The lowest BCUT2D eigenvalue weighted by Crippen LogP contribution is -2.29. The summed E-state index contributed by atoms with van der Waals surface area (Å²) in [5, 5.41) is 3.36. The Labute approximate surface area is 95.3 Å². The van der Waals surface area contributed by atoms with Gasteiger partial charge in [0.2, 0.25) is 0 Å². The van der Waals surface area contributed by atoms with E-state index in [1.54, 1.807) is 7.11 Å². The molecule has 0 fully saturated rings. The van der Waals surface area contributed by atoms with Gasteiger partial charge < -0.3 is 14.5 Å². The van der Waals surface area contributed by atoms with Crippen molar-refractivity contribution in [3.05, 3.63) is 36.3 Å². The third-order valence-corrected chi connectivity index (χ3v) is 2.46. The molecule has 0 saturated heterocycles. The van der Waals surface area contributed by atoms with E-state index in [-0.39, 0.29) is 0 Å². The highest BCUT2D eigenvalue weighted by Crippen LogP contribution is 2.04. The van der Waals surface area contributed by atoms with Crippen LogP contribution in [0.1, 0.15) is 12.6 Å². The second-order valence-corrected chi connectivity index (χ2v) is 3.94. The molecule has 2 heterocycles. The summed E-state index contributed by atoms with van der Waals surface area (Å²) in [4.78, 5) is 4.50. The van der Waals surface area contributed by atoms with Gasteiger partial charge in [-0.15, -0.1) is 0 Å². The summed E-state index contributed by atoms with van der Waals surface area (Å²) in [6, 6.07) is 6.34. The van der Waals surface area contributed by atoms with E-state index >= 15 is 0 Å². The number of rotatable bonds is 5. The average molecular weight is 219 g/mol. The van der Waals surface area contributed by atoms with Crippen LogP contribution in [0.15, 0.2) is 30.6 Å². The molecular formula is C12H17N3O. The maximum Gasteiger partial charge on any atom is 0.137 e. The fourth-order valence-electron chi connectivity index (χ4n) is 1.66. The molecule has 0 aromatic carbocycles. The minimum atomic E-state index is 0.342. The van der Waals surface area contributed by atoms with Crippen LogP contribution in [-0.4, -0.2) is 29.1 Å². The molecule has 1 atom stereocenters. The Morgan fingerprint density at radius 2 is 2.38 bits per heavy atom. The maximum atomic E-state index is 5.06. The molecule has 0 aliphatic heterocycles. The van der Waals surface area contributed by atoms with Crippen molar-refractivity contribution < 1.29 is 4.74 Å². The number of methoxy groups -OCH3 is 1. The standard InChI is InChI=1S/C12H17N3O/c1-10(9-16-2)13-7-11-8-15-6-4-3-5-12(15)14-11/h3-6,8,10,13H,7,9H2,1-2H3. The molecule has 4 nitrogen and oxygen atoms in total. The van der Waals surface area contributed by atoms with Gasteiger partial charge in [-0.05, 0) is 19.1 Å². The summed E-state index contributed by atoms with van der Waals surface area (Å²) in [5.41, 5.74) is 2.04. The zero-order valence-corrected chi connectivity index (χ0v) is 9.68. The summed E-state index contributed by atoms with van der Waals surface area (Å²) < 4.78 is 7.09. The second-order valence-electron chi connectivity index (χ2n) is 3.94. The summed E-state index contributed by atoms with van der Waals surface area (Å²) in [5.74, 6) is 0. The molecule has 0 saturated carbocycles. The smallest absolute Gasteiger partial charge is 0.137 e. The number of pyridine rings is 1. The zero-order chi connectivity index (χ0) is 11.4. The number of hydrogen-bond donors (Lipinski definition) is 1. The van der Waals surface area contributed by atoms with Crippen molar-refractivity contribution in [2.24, 2.45) is 0 Å². The predicted molar refractivity (Wildman–Crippen MR) is 63.4 cm³/mol. The van der Waals surface area contributed by atoms with Gasteiger partial charge in [0, 0.05) is 32.1 Å². The summed E-state index contributed by atoms with van der Waals surface area (Å²) in [6.07, 6.45) is 4.05. The Morgan fingerprint density at radius 1 is 1.50 bits per heavy atom. The van der Waals surface area contributed by atoms with Crippen molar-refractivity contribution in [2.45, 2.75) is 19.5 Å². The molecule has 2 aromatic heterocycles. The number of imidazole rings is 1. The van der Waals surface area contributed by atoms with Crippen LogP contribution in [0.4, 0.5) is 0 Å². The normalized spacial score (nSPS) is 13.1. The third kappa shape index (κ3) is 2.59. The highest BCUT2D eigenvalue weighted by Gasteiger charge is 2.03. The molecule has 1 unspecified atom stereocenters. The summed E-state index contributed by atoms with van der Waals surface area (Å²) >= 11 is 0. The molecule has 2 aromatic rings. The highest BCUT2D eigenvalue weighted by molar-refractivity contribution is 5.39. The van der Waals surface area contributed by atoms with Gasteiger partial charge in [0.25, 0.3) is 0 Å². The first kappa shape index (κ1) is 11.1. The molecule has 0 aliphatic rings. The first-order valence-electron chi connectivity index (χ1n) is 5.44. The molecule has 86 valence electrons. The number of hydrogen-bond acceptors (Lipinski definition) is 3. The van der Waals surface area contributed by atoms with Crippen LogP contribution in [0.2, 0.25) is 0 Å². The van der Waals surface area contributed by atoms with Crippen LogP contribution in [0, 0.1) is 0 Å². The number of nitrogens with zero attached hydrogens (tertiary/aromatic N) is 2. The second kappa shape index (κ2) is 5.09. The van der Waals surface area contributed by atoms with Crippen LogP contribution in [0.25, 0.3) is 5.65 Å². The van der Waals surface area contributed by atoms with E-state index < -0.39 is 0 Å². The molecule has 0 bridgehead atoms. The number of aromatic nitrogens is 2. The Morgan fingerprint density at radius 3 is 3.12 bits per heavy atom. The first-order valence-corrected chi connectivity index (χ1v) is 5.44. The van der Waals surface area contributed by atoms with Gasteiger partial charge in [-0.3, -0.25) is 0 Å². The van der Waals surface area contributed by atoms with Gasteiger partial charge >= 0.3 is 0 Å². The molecule has 0 spiro atoms. The zero-order valence-electron chi connectivity index (χ0n) is 9.68. The van der Waals surface area contributed by atoms with E-state index in [1.165, 1.54) is 0 Å². The van der Waals surface area contributed by atoms with E-state index in [9.17, 15) is 0 Å². The lowest BCUT2D eigenvalue weighted by Gasteiger charge is -2.10. The SMILES string of the molecule is COCC(C)NCc1cn2ccccc2n1. The lowest BCUT2D eigenvalue weighted by molar-refractivity contribution is 0.171. The van der Waals surface area contributed by atoms with Crippen molar-refractivity contribution in [3.63, 3.8) is 0 Å². The van der Waals surface area contributed by atoms with E-state index in [1.807, 2.05) is 35.0 Å². The molecule has 16 heavy (non-hydrogen) atoms. The summed E-state index contributed by atoms with van der Waals surface area (Å²) in [6.45, 7) is 3.58. The van der Waals surface area contributed by atoms with Gasteiger partial charge in [-0.1, -0.05) is 6.07 Å². The Kier molecular flexibility index (Phi) is 3.54. The van der Waals surface area contributed by atoms with Crippen molar-refractivity contribution in [1.29, 1.82) is 0 Å². The van der Waals surface area contributed by atoms with E-state index in [0.29, 0.717) is 12.6 Å². The molecule has 0 radical (unpaired) electrons. The van der Waals surface area contributed by atoms with Crippen LogP contribution in [0.5, 0.6) is 0 Å². The Balaban J connectivity index is 1.99. The quantitative estimate of drug-likeness (QED) is 0.827. The third-order valence-electron chi connectivity index (χ3n) is 2.46. The molecule has 0 amide bonds. The lowest BCUT2D eigenvalue weighted by atomic mass is 10.3. The van der Waals surface area contributed by atoms with Crippen molar-refractivity contribution >= 4 is 5.65 Å². The average Bonchev–Trinajstić information content (AvgIpc) is 2.69. The number of fused-ring (bicyclic) bond motifs is 1. The van der Waals surface area contributed by atoms with Crippen LogP contribution in [0.3, 0.4) is 0 Å². The molecular weight excluding hydrogens is 202 g/mol. The van der Waals surface area contributed by atoms with Gasteiger partial charge in [-0.2, -0.15) is 0 Å². The minimum absolute atomic E-state index is 0.342. The topological polar surface area (TPSA) is 38.6 Å². The molecule has 2 rings (SSSR count). The Bertz CT molecular complexity index is 419. The van der Waals surface area contributed by atoms with Gasteiger partial charge in [-0.25, -0.2) is 4.98 Å². The van der Waals surface area contributed by atoms with Crippen molar-refractivity contribution in [1.82, 2.24) is 14.7 Å². The minimum Gasteiger partial charge on any atom is -0.383 e. The number of ether oxygens (including phenoxy) is 1. The maximum absolute atomic E-state index is 5.06. The predicted octanol–water partition coefficient (Wildman–Crippen LogP) is 1.46. The summed E-state index contributed by atoms with van der Waals surface area (Å²) in [7, 11) is 1.71. The van der Waals surface area contributed by atoms with Gasteiger partial charge in [0.1, 0.15) is 5.65 Å². The van der Waals surface area contributed by atoms with Crippen LogP contribution < -0.4 is 5.32 Å². The van der Waals surface area contributed by atoms with E-state index in [2.05, 4.69) is 17.2 Å². The van der Waals surface area contributed by atoms with Gasteiger partial charge in [0.05, 0.1) is 12.3 Å². The molecule has 0 aliphatic carbocycles. The van der Waals surface area contributed by atoms with E-state index in [4.69, 9.17) is 4.74 Å². The molecule has 4 heteroatoms. The fourth-order valence-corrected chi connectivity index (χ4v) is 1.66.